The molecule has 1 unspecified atom stereocenters. The van der Waals surface area contributed by atoms with E-state index in [2.05, 4.69) is 63.7 Å². The molecule has 0 spiro atoms. The highest BCUT2D eigenvalue weighted by Gasteiger charge is 2.27. The fourth-order valence-electron chi connectivity index (χ4n) is 5.06. The highest BCUT2D eigenvalue weighted by Crippen LogP contribution is 2.45. The molecule has 6 heteroatoms. The third-order valence-corrected chi connectivity index (χ3v) is 7.22. The van der Waals surface area contributed by atoms with E-state index in [4.69, 9.17) is 4.74 Å². The number of allylic oxidation sites excluding steroid dienone is 1. The van der Waals surface area contributed by atoms with Crippen LogP contribution in [-0.2, 0) is 4.74 Å². The van der Waals surface area contributed by atoms with Crippen molar-refractivity contribution in [3.8, 4) is 0 Å². The van der Waals surface area contributed by atoms with Crippen molar-refractivity contribution in [2.75, 3.05) is 13.2 Å². The topological polar surface area (TPSA) is 70.5 Å². The van der Waals surface area contributed by atoms with Crippen LogP contribution in [0, 0.1) is 11.9 Å². The van der Waals surface area contributed by atoms with Crippen molar-refractivity contribution in [3.05, 3.63) is 107 Å². The van der Waals surface area contributed by atoms with Gasteiger partial charge in [0.15, 0.2) is 0 Å². The smallest absolute Gasteiger partial charge is 0.216 e. The Bertz CT molecular complexity index is 1500. The average molecular weight is 494 g/mol. The van der Waals surface area contributed by atoms with Gasteiger partial charge in [-0.1, -0.05) is 67.1 Å². The largest absolute Gasteiger partial charge is 0.470 e. The molecule has 1 aliphatic heterocycles. The van der Waals surface area contributed by atoms with Gasteiger partial charge in [-0.05, 0) is 70.4 Å². The summed E-state index contributed by atoms with van der Waals surface area (Å²) in [7, 11) is 0. The average Bonchev–Trinajstić information content (AvgIpc) is 3.53. The highest BCUT2D eigenvalue weighted by atomic mass is 19.1. The number of aromatic nitrogens is 2. The van der Waals surface area contributed by atoms with Crippen LogP contribution in [0.4, 0.5) is 4.39 Å². The van der Waals surface area contributed by atoms with Crippen LogP contribution >= 0.6 is 0 Å². The summed E-state index contributed by atoms with van der Waals surface area (Å²) in [5.41, 5.74) is 7.33. The van der Waals surface area contributed by atoms with Crippen LogP contribution in [0.25, 0.3) is 28.1 Å². The minimum absolute atomic E-state index is 0.0378. The van der Waals surface area contributed by atoms with Gasteiger partial charge in [-0.3, -0.25) is 5.10 Å². The molecular formula is C31H28FN3O2. The Kier molecular flexibility index (Phi) is 6.41. The number of aliphatic hydroxyl groups excluding tert-OH is 1. The van der Waals surface area contributed by atoms with E-state index in [0.717, 1.165) is 35.1 Å². The van der Waals surface area contributed by atoms with Crippen molar-refractivity contribution < 1.29 is 14.2 Å². The number of ether oxygens (including phenoxy) is 1. The van der Waals surface area contributed by atoms with E-state index in [1.165, 1.54) is 17.6 Å². The lowest BCUT2D eigenvalue weighted by molar-refractivity contribution is 0.130. The number of aromatic amines is 1. The number of halogens is 1. The fraction of sp³-hybridized carbons (Fsp3) is 0.226. The summed E-state index contributed by atoms with van der Waals surface area (Å²) in [5, 5.41) is 16.3. The Morgan fingerprint density at radius 2 is 1.76 bits per heavy atom. The first-order chi connectivity index (χ1) is 18.2. The molecule has 186 valence electrons. The van der Waals surface area contributed by atoms with Gasteiger partial charge in [-0.2, -0.15) is 9.49 Å². The van der Waals surface area contributed by atoms with Gasteiger partial charge in [-0.15, -0.1) is 0 Å². The Morgan fingerprint density at radius 1 is 0.973 bits per heavy atom. The lowest BCUT2D eigenvalue weighted by Gasteiger charge is -2.31. The van der Waals surface area contributed by atoms with Gasteiger partial charge in [0.2, 0.25) is 11.8 Å². The minimum atomic E-state index is -0.415. The zero-order valence-electron chi connectivity index (χ0n) is 20.4. The molecule has 1 aromatic heterocycles. The molecule has 2 aliphatic rings. The second kappa shape index (κ2) is 10.1. The molecule has 0 radical (unpaired) electrons. The summed E-state index contributed by atoms with van der Waals surface area (Å²) in [6, 6.07) is 24.8. The lowest BCUT2D eigenvalue weighted by Crippen LogP contribution is -2.16. The van der Waals surface area contributed by atoms with E-state index < -0.39 is 5.95 Å². The van der Waals surface area contributed by atoms with Gasteiger partial charge in [-0.25, -0.2) is 4.99 Å². The van der Waals surface area contributed by atoms with Gasteiger partial charge < -0.3 is 9.84 Å². The van der Waals surface area contributed by atoms with Crippen LogP contribution in [0.1, 0.15) is 41.5 Å². The Balaban J connectivity index is 1.44. The Labute approximate surface area is 215 Å². The van der Waals surface area contributed by atoms with Crippen molar-refractivity contribution in [3.63, 3.8) is 0 Å². The first kappa shape index (κ1) is 23.4. The van der Waals surface area contributed by atoms with Crippen LogP contribution in [0.15, 0.2) is 83.9 Å². The third-order valence-electron chi connectivity index (χ3n) is 7.22. The number of benzene rings is 3. The number of hydrogen-bond donors (Lipinski definition) is 2. The molecule has 0 bridgehead atoms. The van der Waals surface area contributed by atoms with Gasteiger partial charge in [0.05, 0.1) is 24.1 Å². The summed E-state index contributed by atoms with van der Waals surface area (Å²) >= 11 is 0. The molecule has 0 saturated heterocycles. The standard InChI is InChI=1S/C31H28FN3O2/c32-31-26-17-24(14-15-27(26)34-35-31)30(29(22-7-4-8-22)21-5-2-1-3-6-21)23-12-9-20(10-13-23)11-16-28-33-18-25(19-36)37-28/h1-3,5-6,9-17,22,25,36H,4,7-8,18-19H2,(H,34,35). The zero-order valence-corrected chi connectivity index (χ0v) is 20.4. The second-order valence-electron chi connectivity index (χ2n) is 9.61. The molecule has 5 nitrogen and oxygen atoms in total. The molecular weight excluding hydrogens is 465 g/mol. The van der Waals surface area contributed by atoms with Crippen LogP contribution in [0.2, 0.25) is 0 Å². The molecule has 6 rings (SSSR count). The molecule has 3 aromatic carbocycles. The summed E-state index contributed by atoms with van der Waals surface area (Å²) in [6.07, 6.45) is 7.05. The van der Waals surface area contributed by atoms with Crippen LogP contribution in [0.5, 0.6) is 0 Å². The number of nitrogens with one attached hydrogen (secondary N) is 1. The molecule has 37 heavy (non-hydrogen) atoms. The van der Waals surface area contributed by atoms with Crippen molar-refractivity contribution in [1.29, 1.82) is 0 Å². The maximum absolute atomic E-state index is 14.5. The molecule has 0 amide bonds. The Hall–Kier alpha value is -4.03. The normalized spacial score (nSPS) is 18.5. The first-order valence-corrected chi connectivity index (χ1v) is 12.7. The summed E-state index contributed by atoms with van der Waals surface area (Å²) in [4.78, 5) is 4.31. The van der Waals surface area contributed by atoms with E-state index in [1.807, 2.05) is 36.4 Å². The predicted molar refractivity (Wildman–Crippen MR) is 145 cm³/mol. The number of aliphatic imine (C=N–C) groups is 1. The molecule has 2 N–H and O–H groups in total. The SMILES string of the molecule is OCC1CN=C(C=Cc2ccc(C(=C(c3ccccc3)C3CCC3)c3ccc4n[nH]c(F)c4c3)cc2)O1. The zero-order chi connectivity index (χ0) is 25.2. The van der Waals surface area contributed by atoms with Crippen LogP contribution < -0.4 is 0 Å². The van der Waals surface area contributed by atoms with Gasteiger partial charge >= 0.3 is 0 Å². The Morgan fingerprint density at radius 3 is 2.46 bits per heavy atom. The molecule has 2 heterocycles. The molecule has 4 aromatic rings. The predicted octanol–water partition coefficient (Wildman–Crippen LogP) is 6.26. The monoisotopic (exact) mass is 493 g/mol. The van der Waals surface area contributed by atoms with Gasteiger partial charge in [0.25, 0.3) is 0 Å². The van der Waals surface area contributed by atoms with Crippen molar-refractivity contribution in [1.82, 2.24) is 10.2 Å². The van der Waals surface area contributed by atoms with Crippen LogP contribution in [-0.4, -0.2) is 40.5 Å². The molecule has 1 saturated carbocycles. The van der Waals surface area contributed by atoms with Crippen molar-refractivity contribution >= 4 is 34.0 Å². The highest BCUT2D eigenvalue weighted by molar-refractivity contribution is 6.01. The minimum Gasteiger partial charge on any atom is -0.470 e. The third kappa shape index (κ3) is 4.72. The molecule has 1 atom stereocenters. The number of aliphatic hydroxyl groups is 1. The number of hydrogen-bond acceptors (Lipinski definition) is 4. The summed E-state index contributed by atoms with van der Waals surface area (Å²) in [5.74, 6) is 0.580. The van der Waals surface area contributed by atoms with E-state index >= 15 is 0 Å². The van der Waals surface area contributed by atoms with Gasteiger partial charge in [0, 0.05) is 6.08 Å². The lowest BCUT2D eigenvalue weighted by atomic mass is 9.73. The van der Waals surface area contributed by atoms with Gasteiger partial charge in [0.1, 0.15) is 6.10 Å². The van der Waals surface area contributed by atoms with E-state index in [0.29, 0.717) is 29.3 Å². The maximum atomic E-state index is 14.5. The number of H-pyrrole nitrogens is 1. The van der Waals surface area contributed by atoms with E-state index in [-0.39, 0.29) is 12.7 Å². The second-order valence-corrected chi connectivity index (χ2v) is 9.61. The van der Waals surface area contributed by atoms with Crippen LogP contribution in [0.3, 0.4) is 0 Å². The quantitative estimate of drug-likeness (QED) is 0.298. The summed E-state index contributed by atoms with van der Waals surface area (Å²) < 4.78 is 20.1. The molecule has 1 aliphatic carbocycles. The number of fused-ring (bicyclic) bond motifs is 1. The fourth-order valence-corrected chi connectivity index (χ4v) is 5.06. The van der Waals surface area contributed by atoms with Crippen molar-refractivity contribution in [2.45, 2.75) is 25.4 Å². The number of nitrogens with zero attached hydrogens (tertiary/aromatic N) is 2. The maximum Gasteiger partial charge on any atom is 0.216 e. The summed E-state index contributed by atoms with van der Waals surface area (Å²) in [6.45, 7) is 0.443. The van der Waals surface area contributed by atoms with E-state index in [9.17, 15) is 9.50 Å². The first-order valence-electron chi connectivity index (χ1n) is 12.7. The van der Waals surface area contributed by atoms with Crippen molar-refractivity contribution in [2.24, 2.45) is 10.9 Å². The molecule has 1 fully saturated rings. The van der Waals surface area contributed by atoms with E-state index in [1.54, 1.807) is 0 Å². The number of rotatable bonds is 7.